The van der Waals surface area contributed by atoms with Crippen molar-refractivity contribution < 1.29 is 9.53 Å². The normalized spacial score (nSPS) is 10.1. The average molecular weight is 295 g/mol. The van der Waals surface area contributed by atoms with Gasteiger partial charge in [0.2, 0.25) is 0 Å². The van der Waals surface area contributed by atoms with Crippen LogP contribution in [0.15, 0.2) is 72.1 Å². The first kappa shape index (κ1) is 13.4. The molecule has 0 saturated heterocycles. The van der Waals surface area contributed by atoms with E-state index in [2.05, 4.69) is 11.4 Å². The predicted octanol–water partition coefficient (Wildman–Crippen LogP) is 5.03. The van der Waals surface area contributed by atoms with Gasteiger partial charge in [0.15, 0.2) is 0 Å². The highest BCUT2D eigenvalue weighted by Crippen LogP contribution is 2.25. The molecule has 0 aliphatic rings. The number of hydrogen-bond acceptors (Lipinski definition) is 3. The Morgan fingerprint density at radius 3 is 2.33 bits per heavy atom. The third-order valence-corrected chi connectivity index (χ3v) is 3.81. The van der Waals surface area contributed by atoms with E-state index in [1.54, 1.807) is 23.5 Å². The van der Waals surface area contributed by atoms with E-state index < -0.39 is 6.09 Å². The van der Waals surface area contributed by atoms with Crippen molar-refractivity contribution in [1.29, 1.82) is 0 Å². The van der Waals surface area contributed by atoms with Crippen LogP contribution in [-0.4, -0.2) is 6.09 Å². The molecule has 0 atom stereocenters. The van der Waals surface area contributed by atoms with E-state index in [0.717, 1.165) is 5.56 Å². The van der Waals surface area contributed by atoms with Gasteiger partial charge >= 0.3 is 6.09 Å². The van der Waals surface area contributed by atoms with Crippen LogP contribution < -0.4 is 10.1 Å². The molecule has 0 aliphatic carbocycles. The van der Waals surface area contributed by atoms with Crippen LogP contribution in [0.3, 0.4) is 0 Å². The smallest absolute Gasteiger partial charge is 0.410 e. The lowest BCUT2D eigenvalue weighted by molar-refractivity contribution is 0.215. The summed E-state index contributed by atoms with van der Waals surface area (Å²) >= 11 is 1.69. The fourth-order valence-corrected chi connectivity index (χ4v) is 2.63. The number of carbonyl (C=O) groups is 1. The van der Waals surface area contributed by atoms with Crippen LogP contribution in [0.25, 0.3) is 10.4 Å². The first-order chi connectivity index (χ1) is 10.3. The lowest BCUT2D eigenvalue weighted by atomic mass is 10.2. The summed E-state index contributed by atoms with van der Waals surface area (Å²) in [6.07, 6.45) is -0.495. The second kappa shape index (κ2) is 6.24. The Morgan fingerprint density at radius 2 is 1.67 bits per heavy atom. The number of para-hydroxylation sites is 1. The molecule has 2 aromatic carbocycles. The zero-order valence-corrected chi connectivity index (χ0v) is 12.0. The number of ether oxygens (including phenoxy) is 1. The van der Waals surface area contributed by atoms with Crippen molar-refractivity contribution in [2.24, 2.45) is 0 Å². The minimum Gasteiger partial charge on any atom is -0.410 e. The van der Waals surface area contributed by atoms with Gasteiger partial charge in [0, 0.05) is 10.6 Å². The molecule has 1 heterocycles. The first-order valence-electron chi connectivity index (χ1n) is 6.49. The monoisotopic (exact) mass is 295 g/mol. The minimum atomic E-state index is -0.495. The van der Waals surface area contributed by atoms with Crippen LogP contribution in [0.1, 0.15) is 0 Å². The van der Waals surface area contributed by atoms with Crippen molar-refractivity contribution in [3.05, 3.63) is 72.1 Å². The molecule has 0 radical (unpaired) electrons. The van der Waals surface area contributed by atoms with Crippen molar-refractivity contribution in [3.8, 4) is 16.2 Å². The zero-order valence-electron chi connectivity index (χ0n) is 11.2. The number of thiophene rings is 1. The molecule has 0 saturated carbocycles. The molecule has 3 rings (SSSR count). The van der Waals surface area contributed by atoms with Gasteiger partial charge < -0.3 is 4.74 Å². The van der Waals surface area contributed by atoms with Crippen molar-refractivity contribution in [2.45, 2.75) is 0 Å². The van der Waals surface area contributed by atoms with Gasteiger partial charge in [-0.1, -0.05) is 36.4 Å². The number of rotatable bonds is 3. The van der Waals surface area contributed by atoms with Gasteiger partial charge in [-0.3, -0.25) is 5.32 Å². The fraction of sp³-hybridized carbons (Fsp3) is 0. The maximum Gasteiger partial charge on any atom is 0.417 e. The zero-order chi connectivity index (χ0) is 14.5. The van der Waals surface area contributed by atoms with Gasteiger partial charge in [0.1, 0.15) is 5.75 Å². The summed E-state index contributed by atoms with van der Waals surface area (Å²) in [6, 6.07) is 20.7. The highest BCUT2D eigenvalue weighted by atomic mass is 32.1. The summed E-state index contributed by atoms with van der Waals surface area (Å²) in [6.45, 7) is 0. The van der Waals surface area contributed by atoms with Gasteiger partial charge in [0.05, 0.1) is 0 Å². The van der Waals surface area contributed by atoms with Crippen LogP contribution >= 0.6 is 11.3 Å². The molecule has 0 aliphatic heterocycles. The van der Waals surface area contributed by atoms with E-state index in [9.17, 15) is 4.79 Å². The van der Waals surface area contributed by atoms with Crippen LogP contribution in [0, 0.1) is 0 Å². The minimum absolute atomic E-state index is 0.495. The predicted molar refractivity (Wildman–Crippen MR) is 85.8 cm³/mol. The van der Waals surface area contributed by atoms with Crippen molar-refractivity contribution in [1.82, 2.24) is 0 Å². The highest BCUT2D eigenvalue weighted by Gasteiger charge is 2.05. The van der Waals surface area contributed by atoms with Crippen molar-refractivity contribution >= 4 is 23.1 Å². The highest BCUT2D eigenvalue weighted by molar-refractivity contribution is 7.13. The van der Waals surface area contributed by atoms with Gasteiger partial charge in [-0.25, -0.2) is 4.79 Å². The number of anilines is 1. The molecule has 1 amide bonds. The molecule has 21 heavy (non-hydrogen) atoms. The summed E-state index contributed by atoms with van der Waals surface area (Å²) in [5.74, 6) is 0.519. The number of benzene rings is 2. The number of amides is 1. The second-order valence-corrected chi connectivity index (χ2v) is 5.33. The Morgan fingerprint density at radius 1 is 0.905 bits per heavy atom. The second-order valence-electron chi connectivity index (χ2n) is 4.38. The Kier molecular flexibility index (Phi) is 3.98. The van der Waals surface area contributed by atoms with E-state index in [0.29, 0.717) is 11.4 Å². The molecule has 1 aromatic heterocycles. The lowest BCUT2D eigenvalue weighted by Gasteiger charge is -2.07. The Labute approximate surface area is 126 Å². The molecule has 3 nitrogen and oxygen atoms in total. The van der Waals surface area contributed by atoms with E-state index in [1.165, 1.54) is 4.88 Å². The van der Waals surface area contributed by atoms with E-state index >= 15 is 0 Å². The SMILES string of the molecule is O=C(Nc1ccc(-c2cccs2)cc1)Oc1ccccc1. The molecule has 0 bridgehead atoms. The van der Waals surface area contributed by atoms with Crippen molar-refractivity contribution in [3.63, 3.8) is 0 Å². The summed E-state index contributed by atoms with van der Waals surface area (Å²) in [5, 5.41) is 4.75. The van der Waals surface area contributed by atoms with E-state index in [1.807, 2.05) is 53.9 Å². The summed E-state index contributed by atoms with van der Waals surface area (Å²) in [4.78, 5) is 13.0. The maximum absolute atomic E-state index is 11.8. The average Bonchev–Trinajstić information content (AvgIpc) is 3.03. The first-order valence-corrected chi connectivity index (χ1v) is 7.37. The third kappa shape index (κ3) is 3.49. The molecule has 4 heteroatoms. The molecule has 0 fully saturated rings. The topological polar surface area (TPSA) is 38.3 Å². The Bertz CT molecular complexity index is 706. The molecular formula is C17H13NO2S. The van der Waals surface area contributed by atoms with Crippen LogP contribution in [0.2, 0.25) is 0 Å². The van der Waals surface area contributed by atoms with Gasteiger partial charge in [-0.05, 0) is 41.3 Å². The van der Waals surface area contributed by atoms with Crippen LogP contribution in [0.4, 0.5) is 10.5 Å². The summed E-state index contributed by atoms with van der Waals surface area (Å²) < 4.78 is 5.17. The van der Waals surface area contributed by atoms with Crippen LogP contribution in [-0.2, 0) is 0 Å². The van der Waals surface area contributed by atoms with Gasteiger partial charge in [-0.2, -0.15) is 0 Å². The Hall–Kier alpha value is -2.59. The summed E-state index contributed by atoms with van der Waals surface area (Å²) in [5.41, 5.74) is 1.84. The molecule has 104 valence electrons. The van der Waals surface area contributed by atoms with Crippen molar-refractivity contribution in [2.75, 3.05) is 5.32 Å². The van der Waals surface area contributed by atoms with Gasteiger partial charge in [0.25, 0.3) is 0 Å². The Balaban J connectivity index is 1.64. The number of carbonyl (C=O) groups excluding carboxylic acids is 1. The number of nitrogens with one attached hydrogen (secondary N) is 1. The summed E-state index contributed by atoms with van der Waals surface area (Å²) in [7, 11) is 0. The standard InChI is InChI=1S/C17H13NO2S/c19-17(20-15-5-2-1-3-6-15)18-14-10-8-13(9-11-14)16-7-4-12-21-16/h1-12H,(H,18,19). The fourth-order valence-electron chi connectivity index (χ4n) is 1.90. The molecular weight excluding hydrogens is 282 g/mol. The largest absolute Gasteiger partial charge is 0.417 e. The molecule has 0 spiro atoms. The van der Waals surface area contributed by atoms with E-state index in [-0.39, 0.29) is 0 Å². The molecule has 3 aromatic rings. The van der Waals surface area contributed by atoms with Gasteiger partial charge in [-0.15, -0.1) is 11.3 Å². The van der Waals surface area contributed by atoms with E-state index in [4.69, 9.17) is 4.74 Å². The van der Waals surface area contributed by atoms with Crippen LogP contribution in [0.5, 0.6) is 5.75 Å². The number of hydrogen-bond donors (Lipinski definition) is 1. The molecule has 0 unspecified atom stereocenters. The third-order valence-electron chi connectivity index (χ3n) is 2.89. The quantitative estimate of drug-likeness (QED) is 0.736. The lowest BCUT2D eigenvalue weighted by Crippen LogP contribution is -2.16. The maximum atomic E-state index is 11.8. The molecule has 1 N–H and O–H groups in total.